The average Bonchev–Trinajstić information content (AvgIpc) is 3.14. The van der Waals surface area contributed by atoms with E-state index in [4.69, 9.17) is 9.47 Å². The highest BCUT2D eigenvalue weighted by molar-refractivity contribution is 7.99. The monoisotopic (exact) mass is 423 g/mol. The number of methoxy groups -OCH3 is 1. The van der Waals surface area contributed by atoms with Crippen molar-refractivity contribution in [3.63, 3.8) is 0 Å². The lowest BCUT2D eigenvalue weighted by molar-refractivity contribution is 0.102. The third kappa shape index (κ3) is 5.30. The van der Waals surface area contributed by atoms with Gasteiger partial charge in [-0.1, -0.05) is 30.0 Å². The van der Waals surface area contributed by atoms with Crippen molar-refractivity contribution >= 4 is 17.5 Å². The minimum atomic E-state index is 0.0176. The van der Waals surface area contributed by atoms with Crippen LogP contribution in [0.4, 0.5) is 0 Å². The molecule has 0 unspecified atom stereocenters. The molecule has 2 aromatic carbocycles. The van der Waals surface area contributed by atoms with E-state index in [1.54, 1.807) is 37.5 Å². The number of rotatable bonds is 10. The van der Waals surface area contributed by atoms with Gasteiger partial charge in [0.1, 0.15) is 18.1 Å². The van der Waals surface area contributed by atoms with Crippen molar-refractivity contribution < 1.29 is 14.3 Å². The van der Waals surface area contributed by atoms with Gasteiger partial charge in [-0.05, 0) is 55.3 Å². The maximum absolute atomic E-state index is 12.5. The predicted octanol–water partition coefficient (Wildman–Crippen LogP) is 4.64. The Kier molecular flexibility index (Phi) is 7.30. The highest BCUT2D eigenvalue weighted by Gasteiger charge is 2.15. The van der Waals surface area contributed by atoms with Crippen molar-refractivity contribution in [1.29, 1.82) is 0 Å². The molecule has 0 saturated heterocycles. The molecule has 0 aliphatic heterocycles. The fourth-order valence-electron chi connectivity index (χ4n) is 2.84. The molecule has 0 fully saturated rings. The molecule has 0 atom stereocenters. The molecule has 0 aliphatic rings. The van der Waals surface area contributed by atoms with Crippen molar-refractivity contribution in [3.8, 4) is 11.5 Å². The van der Waals surface area contributed by atoms with Gasteiger partial charge in [-0.3, -0.25) is 9.36 Å². The standard InChI is InChI=1S/C23H25N3O3S/c1-5-12-26-22(14-29-21-13-16(2)6-7-17(21)3)24-25-23(26)30-15-20(27)18-8-10-19(28-4)11-9-18/h5-11,13H,1,12,14-15H2,2-4H3. The van der Waals surface area contributed by atoms with E-state index in [1.807, 2.05) is 30.5 Å². The summed E-state index contributed by atoms with van der Waals surface area (Å²) in [5, 5.41) is 9.19. The summed E-state index contributed by atoms with van der Waals surface area (Å²) >= 11 is 1.35. The number of ether oxygens (including phenoxy) is 2. The summed E-state index contributed by atoms with van der Waals surface area (Å²) in [5.41, 5.74) is 2.84. The minimum absolute atomic E-state index is 0.0176. The molecule has 0 saturated carbocycles. The smallest absolute Gasteiger partial charge is 0.192 e. The maximum atomic E-state index is 12.5. The molecule has 0 aliphatic carbocycles. The maximum Gasteiger partial charge on any atom is 0.192 e. The summed E-state index contributed by atoms with van der Waals surface area (Å²) in [4.78, 5) is 12.5. The number of thioether (sulfide) groups is 1. The zero-order chi connectivity index (χ0) is 21.5. The molecule has 0 bridgehead atoms. The number of Topliss-reactive ketones (excluding diaryl/α,β-unsaturated/α-hetero) is 1. The molecule has 0 amide bonds. The first-order valence-electron chi connectivity index (χ1n) is 9.55. The van der Waals surface area contributed by atoms with Crippen LogP contribution >= 0.6 is 11.8 Å². The van der Waals surface area contributed by atoms with Crippen LogP contribution in [0.25, 0.3) is 0 Å². The summed E-state index contributed by atoms with van der Waals surface area (Å²) in [7, 11) is 1.60. The van der Waals surface area contributed by atoms with Crippen LogP contribution in [0, 0.1) is 13.8 Å². The predicted molar refractivity (Wildman–Crippen MR) is 119 cm³/mol. The number of nitrogens with zero attached hydrogens (tertiary/aromatic N) is 3. The molecule has 30 heavy (non-hydrogen) atoms. The van der Waals surface area contributed by atoms with Gasteiger partial charge < -0.3 is 9.47 Å². The van der Waals surface area contributed by atoms with E-state index < -0.39 is 0 Å². The number of carbonyl (C=O) groups is 1. The molecule has 1 aromatic heterocycles. The lowest BCUT2D eigenvalue weighted by Crippen LogP contribution is -2.09. The van der Waals surface area contributed by atoms with E-state index in [2.05, 4.69) is 22.8 Å². The zero-order valence-corrected chi connectivity index (χ0v) is 18.2. The number of allylic oxidation sites excluding steroid dienone is 1. The Bertz CT molecular complexity index is 1030. The summed E-state index contributed by atoms with van der Waals surface area (Å²) in [5.74, 6) is 2.52. The summed E-state index contributed by atoms with van der Waals surface area (Å²) in [6, 6.07) is 13.2. The van der Waals surface area contributed by atoms with E-state index in [0.717, 1.165) is 22.6 Å². The molecule has 3 rings (SSSR count). The average molecular weight is 424 g/mol. The van der Waals surface area contributed by atoms with Crippen LogP contribution in [-0.2, 0) is 13.2 Å². The van der Waals surface area contributed by atoms with Crippen molar-refractivity contribution in [3.05, 3.63) is 77.6 Å². The van der Waals surface area contributed by atoms with Gasteiger partial charge in [0, 0.05) is 12.1 Å². The first-order valence-corrected chi connectivity index (χ1v) is 10.5. The van der Waals surface area contributed by atoms with Crippen molar-refractivity contribution in [2.24, 2.45) is 0 Å². The molecule has 156 valence electrons. The number of aryl methyl sites for hydroxylation is 2. The van der Waals surface area contributed by atoms with Crippen LogP contribution in [0.5, 0.6) is 11.5 Å². The minimum Gasteiger partial charge on any atom is -0.497 e. The van der Waals surface area contributed by atoms with Crippen LogP contribution in [0.1, 0.15) is 27.3 Å². The summed E-state index contributed by atoms with van der Waals surface area (Å²) in [6.07, 6.45) is 1.78. The van der Waals surface area contributed by atoms with Crippen LogP contribution in [0.2, 0.25) is 0 Å². The highest BCUT2D eigenvalue weighted by Crippen LogP contribution is 2.23. The van der Waals surface area contributed by atoms with Gasteiger partial charge in [0.2, 0.25) is 0 Å². The molecule has 7 heteroatoms. The number of benzene rings is 2. The van der Waals surface area contributed by atoms with Crippen LogP contribution in [0.15, 0.2) is 60.3 Å². The summed E-state index contributed by atoms with van der Waals surface area (Å²) in [6.45, 7) is 8.68. The zero-order valence-electron chi connectivity index (χ0n) is 17.4. The van der Waals surface area contributed by atoms with Crippen molar-refractivity contribution in [2.45, 2.75) is 32.2 Å². The lowest BCUT2D eigenvalue weighted by atomic mass is 10.1. The highest BCUT2D eigenvalue weighted by atomic mass is 32.2. The Morgan fingerprint density at radius 3 is 2.63 bits per heavy atom. The Morgan fingerprint density at radius 1 is 1.17 bits per heavy atom. The molecular weight excluding hydrogens is 398 g/mol. The quantitative estimate of drug-likeness (QED) is 0.269. The molecule has 3 aromatic rings. The van der Waals surface area contributed by atoms with Crippen LogP contribution in [-0.4, -0.2) is 33.4 Å². The normalized spacial score (nSPS) is 10.6. The molecule has 0 spiro atoms. The van der Waals surface area contributed by atoms with Gasteiger partial charge in [-0.15, -0.1) is 16.8 Å². The number of hydrogen-bond acceptors (Lipinski definition) is 6. The Balaban J connectivity index is 1.68. The first-order chi connectivity index (χ1) is 14.5. The molecular formula is C23H25N3O3S. The number of hydrogen-bond donors (Lipinski definition) is 0. The molecule has 6 nitrogen and oxygen atoms in total. The number of ketones is 1. The third-order valence-electron chi connectivity index (χ3n) is 4.55. The largest absolute Gasteiger partial charge is 0.497 e. The fraction of sp³-hybridized carbons (Fsp3) is 0.261. The second-order valence-electron chi connectivity index (χ2n) is 6.80. The van der Waals surface area contributed by atoms with E-state index in [9.17, 15) is 4.79 Å². The van der Waals surface area contributed by atoms with E-state index in [1.165, 1.54) is 11.8 Å². The Hall–Kier alpha value is -3.06. The van der Waals surface area contributed by atoms with Crippen LogP contribution in [0.3, 0.4) is 0 Å². The molecule has 0 radical (unpaired) electrons. The van der Waals surface area contributed by atoms with Crippen LogP contribution < -0.4 is 9.47 Å². The lowest BCUT2D eigenvalue weighted by Gasteiger charge is -2.11. The van der Waals surface area contributed by atoms with Gasteiger partial charge in [-0.2, -0.15) is 0 Å². The second-order valence-corrected chi connectivity index (χ2v) is 7.74. The van der Waals surface area contributed by atoms with Gasteiger partial charge in [0.25, 0.3) is 0 Å². The number of aromatic nitrogens is 3. The first kappa shape index (κ1) is 21.6. The Morgan fingerprint density at radius 2 is 1.93 bits per heavy atom. The summed E-state index contributed by atoms with van der Waals surface area (Å²) < 4.78 is 13.0. The van der Waals surface area contributed by atoms with E-state index in [0.29, 0.717) is 23.1 Å². The second kappa shape index (κ2) is 10.1. The number of carbonyl (C=O) groups excluding carboxylic acids is 1. The van der Waals surface area contributed by atoms with Gasteiger partial charge in [-0.25, -0.2) is 0 Å². The SMILES string of the molecule is C=CCn1c(COc2cc(C)ccc2C)nnc1SCC(=O)c1ccc(OC)cc1. The molecule has 0 N–H and O–H groups in total. The van der Waals surface area contributed by atoms with E-state index in [-0.39, 0.29) is 18.1 Å². The third-order valence-corrected chi connectivity index (χ3v) is 5.52. The Labute approximate surface area is 180 Å². The van der Waals surface area contributed by atoms with E-state index >= 15 is 0 Å². The van der Waals surface area contributed by atoms with Gasteiger partial charge >= 0.3 is 0 Å². The topological polar surface area (TPSA) is 66.2 Å². The van der Waals surface area contributed by atoms with Gasteiger partial charge in [0.15, 0.2) is 16.8 Å². The fourth-order valence-corrected chi connectivity index (χ4v) is 3.70. The van der Waals surface area contributed by atoms with Crippen molar-refractivity contribution in [2.75, 3.05) is 12.9 Å². The van der Waals surface area contributed by atoms with Crippen molar-refractivity contribution in [1.82, 2.24) is 14.8 Å². The molecule has 1 heterocycles. The van der Waals surface area contributed by atoms with Gasteiger partial charge in [0.05, 0.1) is 12.9 Å².